The van der Waals surface area contributed by atoms with Gasteiger partial charge in [0.2, 0.25) is 0 Å². The van der Waals surface area contributed by atoms with Gasteiger partial charge in [0.25, 0.3) is 0 Å². The monoisotopic (exact) mass is 414 g/mol. The van der Waals surface area contributed by atoms with Crippen molar-refractivity contribution in [1.82, 2.24) is 0 Å². The summed E-state index contributed by atoms with van der Waals surface area (Å²) in [6, 6.07) is 20.8. The Morgan fingerprint density at radius 2 is 0.867 bits per heavy atom. The number of hydrogen-bond acceptors (Lipinski definition) is 0. The van der Waals surface area contributed by atoms with Crippen molar-refractivity contribution < 1.29 is 13.2 Å². The topological polar surface area (TPSA) is 0 Å². The molecule has 0 saturated carbocycles. The minimum absolute atomic E-state index is 0.147. The molecule has 30 heavy (non-hydrogen) atoms. The number of halogens is 3. The molecular formula is C27H33F3. The summed E-state index contributed by atoms with van der Waals surface area (Å²) in [5.74, 6) is 0.0794. The predicted molar refractivity (Wildman–Crippen MR) is 121 cm³/mol. The lowest BCUT2D eigenvalue weighted by atomic mass is 10.0. The van der Waals surface area contributed by atoms with Crippen LogP contribution in [0.4, 0.5) is 13.2 Å². The molecule has 0 atom stereocenters. The normalized spacial score (nSPS) is 10.4. The van der Waals surface area contributed by atoms with Crippen molar-refractivity contribution in [3.63, 3.8) is 0 Å². The lowest BCUT2D eigenvalue weighted by Crippen LogP contribution is -1.90. The largest absolute Gasteiger partial charge is 0.207 e. The van der Waals surface area contributed by atoms with E-state index in [1.807, 2.05) is 26.0 Å². The van der Waals surface area contributed by atoms with Crippen LogP contribution in [0, 0.1) is 17.5 Å². The molecule has 0 saturated heterocycles. The van der Waals surface area contributed by atoms with Crippen molar-refractivity contribution in [2.45, 2.75) is 59.3 Å². The van der Waals surface area contributed by atoms with E-state index in [2.05, 4.69) is 52.0 Å². The number of rotatable bonds is 3. The summed E-state index contributed by atoms with van der Waals surface area (Å²) in [5, 5.41) is 0. The molecule has 3 aromatic carbocycles. The molecule has 0 unspecified atom stereocenters. The van der Waals surface area contributed by atoms with Crippen molar-refractivity contribution >= 4 is 0 Å². The van der Waals surface area contributed by atoms with Gasteiger partial charge in [0.15, 0.2) is 0 Å². The molecule has 0 radical (unpaired) electrons. The maximum absolute atomic E-state index is 12.5. The van der Waals surface area contributed by atoms with Gasteiger partial charge in [0, 0.05) is 6.07 Å². The van der Waals surface area contributed by atoms with E-state index < -0.39 is 11.6 Å². The van der Waals surface area contributed by atoms with E-state index in [9.17, 15) is 13.2 Å². The van der Waals surface area contributed by atoms with Gasteiger partial charge in [0.1, 0.15) is 17.5 Å². The highest BCUT2D eigenvalue weighted by Crippen LogP contribution is 2.17. The highest BCUT2D eigenvalue weighted by Gasteiger charge is 2.03. The van der Waals surface area contributed by atoms with Crippen LogP contribution < -0.4 is 0 Å². The number of hydrogen-bond donors (Lipinski definition) is 0. The molecule has 3 aromatic rings. The zero-order chi connectivity index (χ0) is 22.7. The second-order valence-corrected chi connectivity index (χ2v) is 8.13. The Bertz CT molecular complexity index is 848. The fourth-order valence-corrected chi connectivity index (χ4v) is 2.61. The van der Waals surface area contributed by atoms with Crippen molar-refractivity contribution in [3.8, 4) is 0 Å². The molecule has 0 aliphatic heterocycles. The molecule has 0 N–H and O–H groups in total. The van der Waals surface area contributed by atoms with Crippen LogP contribution in [0.1, 0.15) is 76.0 Å². The predicted octanol–water partition coefficient (Wildman–Crippen LogP) is 8.85. The summed E-state index contributed by atoms with van der Waals surface area (Å²) in [7, 11) is 0. The summed E-state index contributed by atoms with van der Waals surface area (Å²) in [6.45, 7) is 12.3. The standard InChI is InChI=1S/C9H10F2.C9H11F.C9H12/c1-6(2)7-3-8(10)5-9(11)4-7;1-7(2)8-4-3-5-9(10)6-8;1-8(2)9-6-4-3-5-7-9/h3-6H,1-2H3;3-7H,1-2H3;3-8H,1-2H3. The lowest BCUT2D eigenvalue weighted by Gasteiger charge is -2.04. The lowest BCUT2D eigenvalue weighted by molar-refractivity contribution is 0.577. The quantitative estimate of drug-likeness (QED) is 0.401. The minimum Gasteiger partial charge on any atom is -0.207 e. The van der Waals surface area contributed by atoms with E-state index in [4.69, 9.17) is 0 Å². The van der Waals surface area contributed by atoms with E-state index in [0.717, 1.165) is 11.6 Å². The third-order valence-electron chi connectivity index (χ3n) is 4.53. The highest BCUT2D eigenvalue weighted by molar-refractivity contribution is 5.21. The molecule has 0 aliphatic carbocycles. The van der Waals surface area contributed by atoms with Crippen LogP contribution in [-0.4, -0.2) is 0 Å². The average Bonchev–Trinajstić information content (AvgIpc) is 2.69. The Balaban J connectivity index is 0.000000226. The summed E-state index contributed by atoms with van der Waals surface area (Å²) >= 11 is 0. The molecule has 0 nitrogen and oxygen atoms in total. The molecule has 0 amide bonds. The molecule has 0 aliphatic rings. The second kappa shape index (κ2) is 12.9. The molecule has 0 bridgehead atoms. The summed E-state index contributed by atoms with van der Waals surface area (Å²) < 4.78 is 37.6. The SMILES string of the molecule is CC(C)c1cc(F)cc(F)c1.CC(C)c1cccc(F)c1.CC(C)c1ccccc1. The van der Waals surface area contributed by atoms with Gasteiger partial charge >= 0.3 is 0 Å². The molecule has 3 rings (SSSR count). The van der Waals surface area contributed by atoms with Crippen LogP contribution >= 0.6 is 0 Å². The first-order valence-corrected chi connectivity index (χ1v) is 10.4. The van der Waals surface area contributed by atoms with Crippen molar-refractivity contribution in [2.75, 3.05) is 0 Å². The zero-order valence-corrected chi connectivity index (χ0v) is 18.8. The summed E-state index contributed by atoms with van der Waals surface area (Å²) in [6.07, 6.45) is 0. The van der Waals surface area contributed by atoms with Gasteiger partial charge in [-0.3, -0.25) is 0 Å². The summed E-state index contributed by atoms with van der Waals surface area (Å²) in [4.78, 5) is 0. The minimum atomic E-state index is -0.506. The second-order valence-electron chi connectivity index (χ2n) is 8.13. The molecule has 0 heterocycles. The average molecular weight is 415 g/mol. The van der Waals surface area contributed by atoms with Crippen molar-refractivity contribution in [1.29, 1.82) is 0 Å². The molecule has 0 fully saturated rings. The van der Waals surface area contributed by atoms with E-state index in [-0.39, 0.29) is 11.7 Å². The molecule has 3 heteroatoms. The maximum Gasteiger partial charge on any atom is 0.126 e. The van der Waals surface area contributed by atoms with Gasteiger partial charge in [-0.15, -0.1) is 0 Å². The van der Waals surface area contributed by atoms with Crippen LogP contribution in [0.15, 0.2) is 72.8 Å². The van der Waals surface area contributed by atoms with Gasteiger partial charge in [0.05, 0.1) is 0 Å². The first-order chi connectivity index (χ1) is 14.1. The van der Waals surface area contributed by atoms with Crippen LogP contribution in [0.5, 0.6) is 0 Å². The molecule has 162 valence electrons. The zero-order valence-electron chi connectivity index (χ0n) is 18.8. The highest BCUT2D eigenvalue weighted by atomic mass is 19.1. The fraction of sp³-hybridized carbons (Fsp3) is 0.333. The Labute approximate surface area is 179 Å². The van der Waals surface area contributed by atoms with Gasteiger partial charge in [-0.25, -0.2) is 13.2 Å². The number of benzene rings is 3. The van der Waals surface area contributed by atoms with Gasteiger partial charge < -0.3 is 0 Å². The van der Waals surface area contributed by atoms with Crippen LogP contribution in [0.2, 0.25) is 0 Å². The third kappa shape index (κ3) is 9.78. The molecule has 0 spiro atoms. The van der Waals surface area contributed by atoms with Crippen molar-refractivity contribution in [2.24, 2.45) is 0 Å². The first kappa shape index (κ1) is 25.5. The smallest absolute Gasteiger partial charge is 0.126 e. The Kier molecular flexibility index (Phi) is 11.0. The van der Waals surface area contributed by atoms with Crippen molar-refractivity contribution in [3.05, 3.63) is 107 Å². The molecule has 0 aromatic heterocycles. The van der Waals surface area contributed by atoms with Gasteiger partial charge in [-0.1, -0.05) is 84.0 Å². The fourth-order valence-electron chi connectivity index (χ4n) is 2.61. The van der Waals surface area contributed by atoms with Crippen LogP contribution in [0.25, 0.3) is 0 Å². The van der Waals surface area contributed by atoms with Gasteiger partial charge in [-0.05, 0) is 58.7 Å². The van der Waals surface area contributed by atoms with Gasteiger partial charge in [-0.2, -0.15) is 0 Å². The molecular weight excluding hydrogens is 381 g/mol. The Morgan fingerprint density at radius 1 is 0.433 bits per heavy atom. The van der Waals surface area contributed by atoms with E-state index in [1.165, 1.54) is 23.8 Å². The van der Waals surface area contributed by atoms with Crippen LogP contribution in [-0.2, 0) is 0 Å². The van der Waals surface area contributed by atoms with E-state index in [1.54, 1.807) is 12.1 Å². The Hall–Kier alpha value is -2.55. The third-order valence-corrected chi connectivity index (χ3v) is 4.53. The van der Waals surface area contributed by atoms with E-state index in [0.29, 0.717) is 17.4 Å². The summed E-state index contributed by atoms with van der Waals surface area (Å²) in [5.41, 5.74) is 3.17. The van der Waals surface area contributed by atoms with E-state index >= 15 is 0 Å². The maximum atomic E-state index is 12.5. The van der Waals surface area contributed by atoms with Crippen LogP contribution in [0.3, 0.4) is 0 Å². The first-order valence-electron chi connectivity index (χ1n) is 10.4. The Morgan fingerprint density at radius 3 is 1.23 bits per heavy atom.